The monoisotopic (exact) mass is 379 g/mol. The summed E-state index contributed by atoms with van der Waals surface area (Å²) >= 11 is 11.5. The molecule has 0 aliphatic rings. The number of non-ortho nitro benzene ring substituents is 1. The summed E-state index contributed by atoms with van der Waals surface area (Å²) in [5, 5.41) is 17.9. The van der Waals surface area contributed by atoms with Gasteiger partial charge in [0.05, 0.1) is 29.7 Å². The van der Waals surface area contributed by atoms with Crippen molar-refractivity contribution in [2.75, 3.05) is 26.0 Å². The van der Waals surface area contributed by atoms with Gasteiger partial charge in [-0.25, -0.2) is 0 Å². The van der Waals surface area contributed by atoms with Gasteiger partial charge in [0.25, 0.3) is 5.69 Å². The van der Waals surface area contributed by atoms with Crippen LogP contribution in [0.3, 0.4) is 0 Å². The van der Waals surface area contributed by atoms with E-state index in [9.17, 15) is 10.1 Å². The van der Waals surface area contributed by atoms with Gasteiger partial charge >= 0.3 is 0 Å². The van der Waals surface area contributed by atoms with Crippen molar-refractivity contribution in [3.05, 3.63) is 69.2 Å². The lowest BCUT2D eigenvalue weighted by Crippen LogP contribution is -3.06. The van der Waals surface area contributed by atoms with Crippen LogP contribution in [0.25, 0.3) is 0 Å². The highest BCUT2D eigenvalue weighted by atomic mass is 35.5. The quantitative estimate of drug-likeness (QED) is 0.408. The Hall–Kier alpha value is -2.22. The second kappa shape index (κ2) is 8.75. The summed E-state index contributed by atoms with van der Waals surface area (Å²) in [6, 6.07) is 14.2. The van der Waals surface area contributed by atoms with Crippen molar-refractivity contribution in [3.63, 3.8) is 0 Å². The lowest BCUT2D eigenvalue weighted by Gasteiger charge is -2.22. The molecule has 3 N–H and O–H groups in total. The molecule has 1 atom stereocenters. The van der Waals surface area contributed by atoms with Crippen molar-refractivity contribution in [2.45, 2.75) is 6.04 Å². The van der Waals surface area contributed by atoms with Gasteiger partial charge in [-0.2, -0.15) is 0 Å². The third-order valence-corrected chi connectivity index (χ3v) is 4.08. The number of rotatable bonds is 6. The van der Waals surface area contributed by atoms with E-state index in [2.05, 4.69) is 24.7 Å². The number of benzene rings is 2. The molecule has 0 amide bonds. The molecule has 0 unspecified atom stereocenters. The number of anilines is 1. The normalized spacial score (nSPS) is 11.8. The fourth-order valence-electron chi connectivity index (χ4n) is 2.39. The first-order valence-corrected chi connectivity index (χ1v) is 8.51. The lowest BCUT2D eigenvalue weighted by atomic mass is 10.1. The Morgan fingerprint density at radius 2 is 1.96 bits per heavy atom. The number of likely N-dealkylation sites (N-methyl/N-ethyl adjacent to an activating group) is 1. The topological polar surface area (TPSA) is 71.6 Å². The Morgan fingerprint density at radius 1 is 1.28 bits per heavy atom. The number of nitro groups is 1. The summed E-state index contributed by atoms with van der Waals surface area (Å²) < 4.78 is 0. The predicted octanol–water partition coefficient (Wildman–Crippen LogP) is 2.42. The van der Waals surface area contributed by atoms with Gasteiger partial charge in [0.2, 0.25) is 0 Å². The number of nitrogens with zero attached hydrogens (tertiary/aromatic N) is 1. The Kier molecular flexibility index (Phi) is 6.69. The summed E-state index contributed by atoms with van der Waals surface area (Å²) in [4.78, 5) is 11.7. The first kappa shape index (κ1) is 19.1. The summed E-state index contributed by atoms with van der Waals surface area (Å²) in [6.45, 7) is 0.814. The van der Waals surface area contributed by atoms with Crippen LogP contribution in [-0.2, 0) is 0 Å². The second-order valence-electron chi connectivity index (χ2n) is 5.89. The fraction of sp³-hybridized carbons (Fsp3) is 0.235. The van der Waals surface area contributed by atoms with Gasteiger partial charge in [-0.1, -0.05) is 41.9 Å². The predicted molar refractivity (Wildman–Crippen MR) is 104 cm³/mol. The van der Waals surface area contributed by atoms with Crippen molar-refractivity contribution in [1.82, 2.24) is 5.32 Å². The summed E-state index contributed by atoms with van der Waals surface area (Å²) in [7, 11) is 4.12. The van der Waals surface area contributed by atoms with Gasteiger partial charge in [-0.15, -0.1) is 0 Å². The zero-order valence-electron chi connectivity index (χ0n) is 14.0. The molecule has 132 valence electrons. The molecule has 0 fully saturated rings. The van der Waals surface area contributed by atoms with Crippen LogP contribution < -0.4 is 15.5 Å². The number of hydrogen-bond acceptors (Lipinski definition) is 3. The Morgan fingerprint density at radius 3 is 2.56 bits per heavy atom. The van der Waals surface area contributed by atoms with Crippen molar-refractivity contribution in [1.29, 1.82) is 0 Å². The minimum Gasteiger partial charge on any atom is -0.350 e. The van der Waals surface area contributed by atoms with Gasteiger partial charge in [-0.05, 0) is 23.8 Å². The van der Waals surface area contributed by atoms with Gasteiger partial charge in [0, 0.05) is 12.1 Å². The maximum absolute atomic E-state index is 10.9. The maximum atomic E-state index is 10.9. The van der Waals surface area contributed by atoms with Crippen LogP contribution in [0.4, 0.5) is 11.4 Å². The van der Waals surface area contributed by atoms with Gasteiger partial charge in [0.1, 0.15) is 12.6 Å². The van der Waals surface area contributed by atoms with Crippen LogP contribution >= 0.6 is 23.8 Å². The SMILES string of the molecule is C[NH+](C)C[C@@H](NC(=S)Nc1cc([N+](=O)[O-])ccc1Cl)c1ccccc1. The van der Waals surface area contributed by atoms with E-state index in [4.69, 9.17) is 23.8 Å². The van der Waals surface area contributed by atoms with Crippen molar-refractivity contribution >= 4 is 40.3 Å². The highest BCUT2D eigenvalue weighted by Gasteiger charge is 2.17. The van der Waals surface area contributed by atoms with E-state index in [0.29, 0.717) is 15.8 Å². The molecule has 6 nitrogen and oxygen atoms in total. The molecule has 2 aromatic carbocycles. The van der Waals surface area contributed by atoms with Crippen molar-refractivity contribution in [2.24, 2.45) is 0 Å². The molecule has 8 heteroatoms. The fourth-order valence-corrected chi connectivity index (χ4v) is 2.80. The van der Waals surface area contributed by atoms with E-state index in [-0.39, 0.29) is 11.7 Å². The average molecular weight is 380 g/mol. The minimum absolute atomic E-state index is 0.00340. The molecule has 2 rings (SSSR count). The third kappa shape index (κ3) is 5.67. The zero-order valence-corrected chi connectivity index (χ0v) is 15.5. The van der Waals surface area contributed by atoms with Crippen LogP contribution in [0.1, 0.15) is 11.6 Å². The van der Waals surface area contributed by atoms with Crippen LogP contribution in [-0.4, -0.2) is 30.7 Å². The molecule has 0 saturated heterocycles. The van der Waals surface area contributed by atoms with E-state index >= 15 is 0 Å². The van der Waals surface area contributed by atoms with E-state index in [0.717, 1.165) is 12.1 Å². The minimum atomic E-state index is -0.472. The van der Waals surface area contributed by atoms with Crippen molar-refractivity contribution < 1.29 is 9.82 Å². The van der Waals surface area contributed by atoms with E-state index in [1.165, 1.54) is 23.1 Å². The van der Waals surface area contributed by atoms with Crippen LogP contribution in [0, 0.1) is 10.1 Å². The molecule has 25 heavy (non-hydrogen) atoms. The third-order valence-electron chi connectivity index (χ3n) is 3.53. The molecular formula is C17H20ClN4O2S+. The molecule has 0 saturated carbocycles. The number of nitrogens with one attached hydrogen (secondary N) is 3. The number of thiocarbonyl (C=S) groups is 1. The van der Waals surface area contributed by atoms with E-state index in [1.807, 2.05) is 30.3 Å². The molecule has 0 aliphatic heterocycles. The van der Waals surface area contributed by atoms with Crippen LogP contribution in [0.15, 0.2) is 48.5 Å². The first-order chi connectivity index (χ1) is 11.9. The zero-order chi connectivity index (χ0) is 18.4. The standard InChI is InChI=1S/C17H19ClN4O2S/c1-21(2)11-16(12-6-4-3-5-7-12)20-17(25)19-15-10-13(22(23)24)8-9-14(15)18/h3-10,16H,11H2,1-2H3,(H2,19,20,25)/p+1/t16-/m1/s1. The summed E-state index contributed by atoms with van der Waals surface area (Å²) in [5.74, 6) is 0. The molecule has 0 spiro atoms. The molecule has 0 heterocycles. The van der Waals surface area contributed by atoms with Crippen LogP contribution in [0.5, 0.6) is 0 Å². The van der Waals surface area contributed by atoms with Crippen molar-refractivity contribution in [3.8, 4) is 0 Å². The molecule has 0 radical (unpaired) electrons. The number of halogens is 1. The van der Waals surface area contributed by atoms with Gasteiger partial charge < -0.3 is 15.5 Å². The molecule has 0 aromatic heterocycles. The summed E-state index contributed by atoms with van der Waals surface area (Å²) in [5.41, 5.74) is 1.46. The molecule has 2 aromatic rings. The Labute approximate surface area is 156 Å². The van der Waals surface area contributed by atoms with Gasteiger partial charge in [0.15, 0.2) is 5.11 Å². The smallest absolute Gasteiger partial charge is 0.271 e. The van der Waals surface area contributed by atoms with E-state index in [1.54, 1.807) is 0 Å². The van der Waals surface area contributed by atoms with Crippen LogP contribution in [0.2, 0.25) is 5.02 Å². The summed E-state index contributed by atoms with van der Waals surface area (Å²) in [6.07, 6.45) is 0. The second-order valence-corrected chi connectivity index (χ2v) is 6.71. The highest BCUT2D eigenvalue weighted by molar-refractivity contribution is 7.80. The maximum Gasteiger partial charge on any atom is 0.271 e. The highest BCUT2D eigenvalue weighted by Crippen LogP contribution is 2.26. The molecule has 0 aliphatic carbocycles. The number of hydrogen-bond donors (Lipinski definition) is 3. The first-order valence-electron chi connectivity index (χ1n) is 7.72. The number of quaternary nitrogens is 1. The lowest BCUT2D eigenvalue weighted by molar-refractivity contribution is -0.860. The van der Waals surface area contributed by atoms with Gasteiger partial charge in [-0.3, -0.25) is 10.1 Å². The number of nitro benzene ring substituents is 1. The molecule has 0 bridgehead atoms. The Bertz CT molecular complexity index is 756. The molecular weight excluding hydrogens is 360 g/mol. The Balaban J connectivity index is 2.14. The largest absolute Gasteiger partial charge is 0.350 e. The average Bonchev–Trinajstić information content (AvgIpc) is 2.56. The van der Waals surface area contributed by atoms with E-state index < -0.39 is 4.92 Å².